The minimum absolute atomic E-state index is 0.308. The average Bonchev–Trinajstić information content (AvgIpc) is 2.61. The third-order valence-corrected chi connectivity index (χ3v) is 2.82. The summed E-state index contributed by atoms with van der Waals surface area (Å²) in [6.07, 6.45) is 0. The average molecular weight is 233 g/mol. The maximum atomic E-state index is 5.22. The molecule has 1 heterocycles. The predicted molar refractivity (Wildman–Crippen MR) is 68.0 cm³/mol. The summed E-state index contributed by atoms with van der Waals surface area (Å²) < 4.78 is 2.70. The Kier molecular flexibility index (Phi) is 2.92. The van der Waals surface area contributed by atoms with Gasteiger partial charge in [0.1, 0.15) is 0 Å². The molecule has 0 aliphatic heterocycles. The van der Waals surface area contributed by atoms with Crippen molar-refractivity contribution in [3.8, 4) is 11.4 Å². The van der Waals surface area contributed by atoms with Gasteiger partial charge in [-0.2, -0.15) is 5.10 Å². The van der Waals surface area contributed by atoms with E-state index in [4.69, 9.17) is 12.2 Å². The third kappa shape index (κ3) is 1.93. The molecule has 0 saturated carbocycles. The SMILES string of the molecule is Cc1ccc(-c2n[nH]c(=S)n2C(C)C)cc1. The van der Waals surface area contributed by atoms with Crippen LogP contribution >= 0.6 is 12.2 Å². The van der Waals surface area contributed by atoms with E-state index in [9.17, 15) is 0 Å². The molecule has 16 heavy (non-hydrogen) atoms. The third-order valence-electron chi connectivity index (χ3n) is 2.53. The Morgan fingerprint density at radius 2 is 1.88 bits per heavy atom. The molecule has 1 N–H and O–H groups in total. The standard InChI is InChI=1S/C12H15N3S/c1-8(2)15-11(13-14-12(15)16)10-6-4-9(3)5-7-10/h4-8H,1-3H3,(H,14,16). The molecular weight excluding hydrogens is 218 g/mol. The Labute approximate surface area is 100 Å². The summed E-state index contributed by atoms with van der Waals surface area (Å²) in [5.74, 6) is 0.903. The van der Waals surface area contributed by atoms with Gasteiger partial charge >= 0.3 is 0 Å². The van der Waals surface area contributed by atoms with Gasteiger partial charge in [0.05, 0.1) is 0 Å². The number of aromatic amines is 1. The molecule has 0 radical (unpaired) electrons. The quantitative estimate of drug-likeness (QED) is 0.805. The van der Waals surface area contributed by atoms with Crippen molar-refractivity contribution in [1.82, 2.24) is 14.8 Å². The molecule has 0 saturated heterocycles. The van der Waals surface area contributed by atoms with Gasteiger partial charge in [-0.25, -0.2) is 0 Å². The minimum atomic E-state index is 0.308. The van der Waals surface area contributed by atoms with E-state index in [2.05, 4.69) is 55.2 Å². The highest BCUT2D eigenvalue weighted by molar-refractivity contribution is 7.71. The number of H-pyrrole nitrogens is 1. The van der Waals surface area contributed by atoms with Gasteiger partial charge in [0.2, 0.25) is 0 Å². The molecule has 0 spiro atoms. The fraction of sp³-hybridized carbons (Fsp3) is 0.333. The van der Waals surface area contributed by atoms with Crippen LogP contribution in [0.15, 0.2) is 24.3 Å². The second-order valence-electron chi connectivity index (χ2n) is 4.18. The van der Waals surface area contributed by atoms with Gasteiger partial charge in [0.15, 0.2) is 10.6 Å². The summed E-state index contributed by atoms with van der Waals surface area (Å²) in [6, 6.07) is 8.61. The van der Waals surface area contributed by atoms with Crippen LogP contribution < -0.4 is 0 Å². The zero-order valence-corrected chi connectivity index (χ0v) is 10.5. The van der Waals surface area contributed by atoms with Crippen molar-refractivity contribution in [2.24, 2.45) is 0 Å². The van der Waals surface area contributed by atoms with Crippen LogP contribution in [-0.4, -0.2) is 14.8 Å². The minimum Gasteiger partial charge on any atom is -0.298 e. The van der Waals surface area contributed by atoms with Crippen LogP contribution in [0.4, 0.5) is 0 Å². The summed E-state index contributed by atoms with van der Waals surface area (Å²) in [6.45, 7) is 6.27. The Balaban J connectivity index is 2.56. The highest BCUT2D eigenvalue weighted by atomic mass is 32.1. The number of hydrogen-bond donors (Lipinski definition) is 1. The van der Waals surface area contributed by atoms with Crippen LogP contribution in [0.5, 0.6) is 0 Å². The molecule has 0 atom stereocenters. The van der Waals surface area contributed by atoms with E-state index >= 15 is 0 Å². The number of aryl methyl sites for hydroxylation is 1. The van der Waals surface area contributed by atoms with Crippen molar-refractivity contribution in [2.75, 3.05) is 0 Å². The lowest BCUT2D eigenvalue weighted by atomic mass is 10.1. The Bertz CT molecular complexity index is 534. The molecule has 4 heteroatoms. The van der Waals surface area contributed by atoms with Crippen molar-refractivity contribution in [2.45, 2.75) is 26.8 Å². The lowest BCUT2D eigenvalue weighted by Crippen LogP contribution is -2.03. The summed E-state index contributed by atoms with van der Waals surface area (Å²) >= 11 is 5.22. The van der Waals surface area contributed by atoms with Crippen molar-refractivity contribution in [1.29, 1.82) is 0 Å². The smallest absolute Gasteiger partial charge is 0.195 e. The molecule has 84 valence electrons. The van der Waals surface area contributed by atoms with Gasteiger partial charge in [0, 0.05) is 11.6 Å². The van der Waals surface area contributed by atoms with Crippen LogP contribution in [0, 0.1) is 11.7 Å². The maximum absolute atomic E-state index is 5.22. The van der Waals surface area contributed by atoms with E-state index in [-0.39, 0.29) is 0 Å². The van der Waals surface area contributed by atoms with Crippen molar-refractivity contribution >= 4 is 12.2 Å². The number of nitrogens with one attached hydrogen (secondary N) is 1. The lowest BCUT2D eigenvalue weighted by molar-refractivity contribution is 0.597. The molecule has 0 aliphatic rings. The van der Waals surface area contributed by atoms with Gasteiger partial charge in [-0.1, -0.05) is 29.8 Å². The van der Waals surface area contributed by atoms with Gasteiger partial charge in [-0.15, -0.1) is 0 Å². The molecule has 3 nitrogen and oxygen atoms in total. The van der Waals surface area contributed by atoms with Crippen LogP contribution in [0.25, 0.3) is 11.4 Å². The fourth-order valence-corrected chi connectivity index (χ4v) is 2.03. The zero-order valence-electron chi connectivity index (χ0n) is 9.69. The Hall–Kier alpha value is -1.42. The van der Waals surface area contributed by atoms with Crippen LogP contribution in [0.3, 0.4) is 0 Å². The van der Waals surface area contributed by atoms with E-state index in [1.165, 1.54) is 5.56 Å². The normalized spacial score (nSPS) is 11.0. The molecule has 0 aliphatic carbocycles. The molecule has 0 bridgehead atoms. The first-order valence-electron chi connectivity index (χ1n) is 5.33. The summed E-state index contributed by atoms with van der Waals surface area (Å²) in [4.78, 5) is 0. The number of benzene rings is 1. The van der Waals surface area contributed by atoms with E-state index < -0.39 is 0 Å². The van der Waals surface area contributed by atoms with E-state index in [1.807, 2.05) is 4.57 Å². The molecule has 1 aromatic carbocycles. The second-order valence-corrected chi connectivity index (χ2v) is 4.57. The molecule has 0 fully saturated rings. The first-order chi connectivity index (χ1) is 7.59. The number of nitrogens with zero attached hydrogens (tertiary/aromatic N) is 2. The van der Waals surface area contributed by atoms with Gasteiger partial charge in [-0.05, 0) is 33.0 Å². The Morgan fingerprint density at radius 1 is 1.25 bits per heavy atom. The van der Waals surface area contributed by atoms with Gasteiger partial charge in [-0.3, -0.25) is 9.67 Å². The van der Waals surface area contributed by atoms with Crippen molar-refractivity contribution < 1.29 is 0 Å². The largest absolute Gasteiger partial charge is 0.298 e. The first-order valence-corrected chi connectivity index (χ1v) is 5.74. The molecule has 1 aromatic heterocycles. The highest BCUT2D eigenvalue weighted by Gasteiger charge is 2.10. The van der Waals surface area contributed by atoms with Crippen LogP contribution in [0.1, 0.15) is 25.5 Å². The lowest BCUT2D eigenvalue weighted by Gasteiger charge is -2.10. The predicted octanol–water partition coefficient (Wildman–Crippen LogP) is 3.50. The van der Waals surface area contributed by atoms with Crippen molar-refractivity contribution in [3.05, 3.63) is 34.6 Å². The number of hydrogen-bond acceptors (Lipinski definition) is 2. The monoisotopic (exact) mass is 233 g/mol. The fourth-order valence-electron chi connectivity index (χ4n) is 1.69. The van der Waals surface area contributed by atoms with Crippen LogP contribution in [-0.2, 0) is 0 Å². The van der Waals surface area contributed by atoms with Crippen molar-refractivity contribution in [3.63, 3.8) is 0 Å². The van der Waals surface area contributed by atoms with E-state index in [0.29, 0.717) is 10.8 Å². The van der Waals surface area contributed by atoms with E-state index in [0.717, 1.165) is 11.4 Å². The Morgan fingerprint density at radius 3 is 2.44 bits per heavy atom. The molecule has 2 aromatic rings. The molecule has 0 amide bonds. The number of aromatic nitrogens is 3. The summed E-state index contributed by atoms with van der Waals surface area (Å²) in [7, 11) is 0. The first kappa shape index (κ1) is 11.1. The maximum Gasteiger partial charge on any atom is 0.195 e. The highest BCUT2D eigenvalue weighted by Crippen LogP contribution is 2.21. The summed E-state index contributed by atoms with van der Waals surface area (Å²) in [5.41, 5.74) is 2.33. The molecule has 2 rings (SSSR count). The second kappa shape index (κ2) is 4.22. The van der Waals surface area contributed by atoms with Gasteiger partial charge in [0.25, 0.3) is 0 Å². The molecular formula is C12H15N3S. The number of rotatable bonds is 2. The van der Waals surface area contributed by atoms with Crippen LogP contribution in [0.2, 0.25) is 0 Å². The van der Waals surface area contributed by atoms with E-state index in [1.54, 1.807) is 0 Å². The zero-order chi connectivity index (χ0) is 11.7. The van der Waals surface area contributed by atoms with Gasteiger partial charge < -0.3 is 0 Å². The topological polar surface area (TPSA) is 33.6 Å². The summed E-state index contributed by atoms with van der Waals surface area (Å²) in [5, 5.41) is 7.13. The molecule has 0 unspecified atom stereocenters.